The zero-order chi connectivity index (χ0) is 19.7. The molecule has 3 heterocycles. The highest BCUT2D eigenvalue weighted by molar-refractivity contribution is 5.96. The fraction of sp³-hybridized carbons (Fsp3) is 0.350. The molecule has 0 saturated carbocycles. The molecule has 1 N–H and O–H groups in total. The Hall–Kier alpha value is -3.00. The summed E-state index contributed by atoms with van der Waals surface area (Å²) in [4.78, 5) is 42.8. The van der Waals surface area contributed by atoms with Crippen molar-refractivity contribution in [2.24, 2.45) is 0 Å². The number of pyridine rings is 1. The molecule has 1 aromatic heterocycles. The third-order valence-corrected chi connectivity index (χ3v) is 5.24. The number of hydrogen-bond donors (Lipinski definition) is 1. The Morgan fingerprint density at radius 1 is 1.18 bits per heavy atom. The Labute approximate surface area is 160 Å². The summed E-state index contributed by atoms with van der Waals surface area (Å²) in [5.41, 5.74) is -0.632. The average molecular weight is 385 g/mol. The summed E-state index contributed by atoms with van der Waals surface area (Å²) in [5.74, 6) is -1.03. The number of morpholine rings is 1. The monoisotopic (exact) mass is 385 g/mol. The van der Waals surface area contributed by atoms with Crippen LogP contribution in [0.2, 0.25) is 0 Å². The second-order valence-electron chi connectivity index (χ2n) is 7.17. The van der Waals surface area contributed by atoms with Crippen molar-refractivity contribution in [3.63, 3.8) is 0 Å². The summed E-state index contributed by atoms with van der Waals surface area (Å²) in [5, 5.41) is 0. The van der Waals surface area contributed by atoms with E-state index in [0.717, 1.165) is 0 Å². The van der Waals surface area contributed by atoms with E-state index in [2.05, 4.69) is 4.98 Å². The predicted molar refractivity (Wildman–Crippen MR) is 99.6 cm³/mol. The maximum Gasteiger partial charge on any atom is 0.260 e. The second-order valence-corrected chi connectivity index (χ2v) is 7.17. The van der Waals surface area contributed by atoms with Crippen LogP contribution >= 0.6 is 0 Å². The van der Waals surface area contributed by atoms with Crippen molar-refractivity contribution in [3.05, 3.63) is 64.3 Å². The van der Waals surface area contributed by atoms with Crippen LogP contribution in [0.1, 0.15) is 23.2 Å². The summed E-state index contributed by atoms with van der Waals surface area (Å²) >= 11 is 0. The number of benzene rings is 1. The molecule has 0 radical (unpaired) electrons. The van der Waals surface area contributed by atoms with Crippen LogP contribution in [-0.2, 0) is 9.53 Å². The highest BCUT2D eigenvalue weighted by atomic mass is 19.1. The van der Waals surface area contributed by atoms with Crippen molar-refractivity contribution in [2.75, 3.05) is 31.1 Å². The van der Waals surface area contributed by atoms with Crippen LogP contribution in [0, 0.1) is 5.82 Å². The first-order chi connectivity index (χ1) is 13.5. The molecule has 1 spiro atoms. The van der Waals surface area contributed by atoms with Gasteiger partial charge in [-0.2, -0.15) is 0 Å². The van der Waals surface area contributed by atoms with Crippen LogP contribution in [0.5, 0.6) is 0 Å². The van der Waals surface area contributed by atoms with Gasteiger partial charge in [0.25, 0.3) is 17.4 Å². The van der Waals surface area contributed by atoms with Gasteiger partial charge in [0.05, 0.1) is 13.1 Å². The first-order valence-electron chi connectivity index (χ1n) is 9.14. The SMILES string of the molecule is O=C(c1ccc[nH]c1=O)N1CCCC2(C1)CN(c1cccc(F)c1)C(=O)CO2. The molecule has 4 rings (SSSR count). The molecule has 1 aromatic carbocycles. The summed E-state index contributed by atoms with van der Waals surface area (Å²) in [7, 11) is 0. The van der Waals surface area contributed by atoms with E-state index < -0.39 is 17.0 Å². The van der Waals surface area contributed by atoms with Gasteiger partial charge >= 0.3 is 0 Å². The highest BCUT2D eigenvalue weighted by Gasteiger charge is 2.44. The van der Waals surface area contributed by atoms with E-state index in [-0.39, 0.29) is 37.1 Å². The number of carbonyl (C=O) groups excluding carboxylic acids is 2. The van der Waals surface area contributed by atoms with Gasteiger partial charge in [-0.1, -0.05) is 6.07 Å². The van der Waals surface area contributed by atoms with Gasteiger partial charge in [-0.15, -0.1) is 0 Å². The van der Waals surface area contributed by atoms with E-state index in [0.29, 0.717) is 25.1 Å². The molecule has 2 aliphatic rings. The van der Waals surface area contributed by atoms with E-state index >= 15 is 0 Å². The molecule has 8 heteroatoms. The molecule has 1 unspecified atom stereocenters. The number of rotatable bonds is 2. The molecule has 28 heavy (non-hydrogen) atoms. The van der Waals surface area contributed by atoms with Gasteiger partial charge in [-0.05, 0) is 43.2 Å². The maximum absolute atomic E-state index is 13.6. The molecule has 2 saturated heterocycles. The Balaban J connectivity index is 1.57. The van der Waals surface area contributed by atoms with Crippen molar-refractivity contribution in [1.82, 2.24) is 9.88 Å². The summed E-state index contributed by atoms with van der Waals surface area (Å²) in [6.07, 6.45) is 2.83. The Kier molecular flexibility index (Phi) is 4.72. The molecular formula is C20H20FN3O4. The number of nitrogens with zero attached hydrogens (tertiary/aromatic N) is 2. The number of anilines is 1. The largest absolute Gasteiger partial charge is 0.361 e. The van der Waals surface area contributed by atoms with Gasteiger partial charge in [-0.3, -0.25) is 14.4 Å². The number of aromatic nitrogens is 1. The number of aromatic amines is 1. The van der Waals surface area contributed by atoms with Gasteiger partial charge in [0.1, 0.15) is 23.6 Å². The van der Waals surface area contributed by atoms with Gasteiger partial charge < -0.3 is 19.5 Å². The Morgan fingerprint density at radius 3 is 2.82 bits per heavy atom. The first-order valence-corrected chi connectivity index (χ1v) is 9.14. The van der Waals surface area contributed by atoms with Crippen LogP contribution in [0.4, 0.5) is 10.1 Å². The first kappa shape index (κ1) is 18.4. The molecule has 2 aromatic rings. The number of halogens is 1. The lowest BCUT2D eigenvalue weighted by atomic mass is 9.90. The predicted octanol–water partition coefficient (Wildman–Crippen LogP) is 1.55. The summed E-state index contributed by atoms with van der Waals surface area (Å²) < 4.78 is 19.5. The van der Waals surface area contributed by atoms with Gasteiger partial charge in [0.15, 0.2) is 0 Å². The fourth-order valence-corrected chi connectivity index (χ4v) is 3.87. The van der Waals surface area contributed by atoms with Gasteiger partial charge in [-0.25, -0.2) is 4.39 Å². The lowest BCUT2D eigenvalue weighted by molar-refractivity contribution is -0.144. The lowest BCUT2D eigenvalue weighted by Gasteiger charge is -2.47. The van der Waals surface area contributed by atoms with Crippen LogP contribution < -0.4 is 10.5 Å². The highest BCUT2D eigenvalue weighted by Crippen LogP contribution is 2.32. The average Bonchev–Trinajstić information content (AvgIpc) is 2.70. The van der Waals surface area contributed by atoms with E-state index in [1.165, 1.54) is 29.3 Å². The molecular weight excluding hydrogens is 365 g/mol. The molecule has 0 bridgehead atoms. The maximum atomic E-state index is 13.6. The van der Waals surface area contributed by atoms with E-state index in [1.54, 1.807) is 23.1 Å². The van der Waals surface area contributed by atoms with Crippen LogP contribution in [0.3, 0.4) is 0 Å². The number of H-pyrrole nitrogens is 1. The molecule has 0 aliphatic carbocycles. The number of amides is 2. The number of nitrogens with one attached hydrogen (secondary N) is 1. The summed E-state index contributed by atoms with van der Waals surface area (Å²) in [6.45, 7) is 0.861. The molecule has 2 fully saturated rings. The second kappa shape index (κ2) is 7.20. The van der Waals surface area contributed by atoms with Crippen molar-refractivity contribution >= 4 is 17.5 Å². The normalized spacial score (nSPS) is 22.5. The molecule has 2 amide bonds. The number of likely N-dealkylation sites (tertiary alicyclic amines) is 1. The smallest absolute Gasteiger partial charge is 0.260 e. The molecule has 7 nitrogen and oxygen atoms in total. The van der Waals surface area contributed by atoms with Gasteiger partial charge in [0, 0.05) is 18.4 Å². The van der Waals surface area contributed by atoms with E-state index in [4.69, 9.17) is 4.74 Å². The van der Waals surface area contributed by atoms with E-state index in [1.807, 2.05) is 0 Å². The van der Waals surface area contributed by atoms with Crippen molar-refractivity contribution in [1.29, 1.82) is 0 Å². The van der Waals surface area contributed by atoms with Crippen LogP contribution in [0.15, 0.2) is 47.4 Å². The minimum absolute atomic E-state index is 0.0772. The minimum Gasteiger partial charge on any atom is -0.361 e. The molecule has 2 aliphatic heterocycles. The summed E-state index contributed by atoms with van der Waals surface area (Å²) in [6, 6.07) is 8.96. The number of carbonyl (C=O) groups is 2. The minimum atomic E-state index is -0.740. The quantitative estimate of drug-likeness (QED) is 0.850. The third-order valence-electron chi connectivity index (χ3n) is 5.24. The topological polar surface area (TPSA) is 82.7 Å². The van der Waals surface area contributed by atoms with Crippen molar-refractivity contribution in [2.45, 2.75) is 18.4 Å². The van der Waals surface area contributed by atoms with Crippen molar-refractivity contribution in [3.8, 4) is 0 Å². The molecule has 1 atom stereocenters. The zero-order valence-corrected chi connectivity index (χ0v) is 15.2. The standard InChI is InChI=1S/C20H20FN3O4/c21-14-4-1-5-15(10-14)24-13-20(28-11-17(24)25)7-3-9-23(12-20)19(27)16-6-2-8-22-18(16)26/h1-2,4-6,8,10H,3,7,9,11-13H2,(H,22,26). The van der Waals surface area contributed by atoms with Crippen molar-refractivity contribution < 1.29 is 18.7 Å². The Morgan fingerprint density at radius 2 is 2.04 bits per heavy atom. The number of hydrogen-bond acceptors (Lipinski definition) is 4. The van der Waals surface area contributed by atoms with E-state index in [9.17, 15) is 18.8 Å². The van der Waals surface area contributed by atoms with Crippen LogP contribution in [-0.4, -0.2) is 53.5 Å². The lowest BCUT2D eigenvalue weighted by Crippen LogP contribution is -2.62. The van der Waals surface area contributed by atoms with Crippen LogP contribution in [0.25, 0.3) is 0 Å². The zero-order valence-electron chi connectivity index (χ0n) is 15.2. The number of ether oxygens (including phenoxy) is 1. The van der Waals surface area contributed by atoms with Gasteiger partial charge in [0.2, 0.25) is 0 Å². The number of piperidine rings is 1. The third kappa shape index (κ3) is 3.43. The Bertz CT molecular complexity index is 976. The fourth-order valence-electron chi connectivity index (χ4n) is 3.87. The molecule has 146 valence electrons.